The van der Waals surface area contributed by atoms with E-state index < -0.39 is 5.97 Å². The lowest BCUT2D eigenvalue weighted by Gasteiger charge is -2.41. The van der Waals surface area contributed by atoms with E-state index in [0.29, 0.717) is 0 Å². The molecule has 1 unspecified atom stereocenters. The minimum atomic E-state index is -0.789. The van der Waals surface area contributed by atoms with Gasteiger partial charge in [-0.3, -0.25) is 19.4 Å². The topological polar surface area (TPSA) is 64.1 Å². The number of carbonyl (C=O) groups is 2. The van der Waals surface area contributed by atoms with Gasteiger partial charge in [0, 0.05) is 32.2 Å². The number of rotatable bonds is 6. The Balaban J connectivity index is 1.70. The number of carboxylic acid groups (broad SMARTS) is 1. The van der Waals surface area contributed by atoms with Crippen LogP contribution >= 0.6 is 0 Å². The Hall–Kier alpha value is -1.92. The van der Waals surface area contributed by atoms with Crippen molar-refractivity contribution in [2.45, 2.75) is 44.2 Å². The second kappa shape index (κ2) is 9.33. The molecule has 0 aromatic heterocycles. The van der Waals surface area contributed by atoms with Crippen molar-refractivity contribution in [2.24, 2.45) is 0 Å². The summed E-state index contributed by atoms with van der Waals surface area (Å²) in [5.41, 5.74) is 1.06. The van der Waals surface area contributed by atoms with Gasteiger partial charge >= 0.3 is 5.97 Å². The fourth-order valence-corrected chi connectivity index (χ4v) is 4.36. The average Bonchev–Trinajstić information content (AvgIpc) is 2.69. The first kappa shape index (κ1) is 19.8. The lowest BCUT2D eigenvalue weighted by molar-refractivity contribution is -0.139. The molecule has 1 amide bonds. The minimum Gasteiger partial charge on any atom is -0.480 e. The van der Waals surface area contributed by atoms with Gasteiger partial charge in [0.1, 0.15) is 6.04 Å². The van der Waals surface area contributed by atoms with E-state index >= 15 is 0 Å². The summed E-state index contributed by atoms with van der Waals surface area (Å²) in [5, 5.41) is 9.02. The third-order valence-corrected chi connectivity index (χ3v) is 5.89. The number of amides is 1. The second-order valence-electron chi connectivity index (χ2n) is 7.78. The highest BCUT2D eigenvalue weighted by Crippen LogP contribution is 2.29. The molecule has 6 heteroatoms. The van der Waals surface area contributed by atoms with Gasteiger partial charge in [0.15, 0.2) is 0 Å². The Morgan fingerprint density at radius 2 is 1.70 bits per heavy atom. The first-order valence-electron chi connectivity index (χ1n) is 10.1. The molecule has 1 N–H and O–H groups in total. The van der Waals surface area contributed by atoms with E-state index in [4.69, 9.17) is 5.11 Å². The third kappa shape index (κ3) is 5.08. The molecule has 0 spiro atoms. The molecule has 0 saturated carbocycles. The zero-order valence-corrected chi connectivity index (χ0v) is 16.2. The molecule has 0 aliphatic carbocycles. The molecule has 2 heterocycles. The predicted octanol–water partition coefficient (Wildman–Crippen LogP) is 2.22. The van der Waals surface area contributed by atoms with Gasteiger partial charge in [0.05, 0.1) is 6.54 Å². The van der Waals surface area contributed by atoms with Crippen molar-refractivity contribution in [1.82, 2.24) is 14.7 Å². The summed E-state index contributed by atoms with van der Waals surface area (Å²) in [7, 11) is 1.88. The molecule has 3 rings (SSSR count). The quantitative estimate of drug-likeness (QED) is 0.828. The molecule has 2 aliphatic rings. The van der Waals surface area contributed by atoms with Gasteiger partial charge in [0.2, 0.25) is 5.91 Å². The zero-order chi connectivity index (χ0) is 19.2. The van der Waals surface area contributed by atoms with Crippen LogP contribution in [0.1, 0.15) is 43.7 Å². The Kier molecular flexibility index (Phi) is 6.85. The largest absolute Gasteiger partial charge is 0.480 e. The van der Waals surface area contributed by atoms with Crippen molar-refractivity contribution in [3.8, 4) is 0 Å². The average molecular weight is 373 g/mol. The van der Waals surface area contributed by atoms with Gasteiger partial charge in [-0.15, -0.1) is 0 Å². The second-order valence-corrected chi connectivity index (χ2v) is 7.78. The molecule has 2 aliphatic heterocycles. The van der Waals surface area contributed by atoms with Crippen molar-refractivity contribution >= 4 is 11.9 Å². The number of benzene rings is 1. The van der Waals surface area contributed by atoms with Gasteiger partial charge in [-0.2, -0.15) is 0 Å². The highest BCUT2D eigenvalue weighted by atomic mass is 16.4. The Labute approximate surface area is 161 Å². The summed E-state index contributed by atoms with van der Waals surface area (Å²) in [4.78, 5) is 30.6. The van der Waals surface area contributed by atoms with Crippen LogP contribution in [0.3, 0.4) is 0 Å². The molecule has 1 aromatic rings. The Bertz CT molecular complexity index is 623. The number of carboxylic acids is 1. The van der Waals surface area contributed by atoms with Crippen LogP contribution in [0.25, 0.3) is 0 Å². The summed E-state index contributed by atoms with van der Waals surface area (Å²) in [6.45, 7) is 3.42. The first-order chi connectivity index (χ1) is 13.1. The standard InChI is InChI=1S/C21H31N3O3/c1-22(16-19(25)26)18-10-14-23(15-11-18)20(17-8-4-2-5-9-17)21(27)24-12-6-3-7-13-24/h2,4-5,8-9,18,20H,3,6-7,10-16H2,1H3,(H,25,26). The Morgan fingerprint density at radius 1 is 1.07 bits per heavy atom. The number of likely N-dealkylation sites (N-methyl/N-ethyl adjacent to an activating group) is 1. The van der Waals surface area contributed by atoms with Crippen LogP contribution in [0.2, 0.25) is 0 Å². The summed E-state index contributed by atoms with van der Waals surface area (Å²) >= 11 is 0. The number of hydrogen-bond donors (Lipinski definition) is 1. The predicted molar refractivity (Wildman–Crippen MR) is 104 cm³/mol. The molecule has 2 fully saturated rings. The van der Waals surface area contributed by atoms with Crippen molar-refractivity contribution in [3.63, 3.8) is 0 Å². The first-order valence-corrected chi connectivity index (χ1v) is 10.1. The molecular weight excluding hydrogens is 342 g/mol. The summed E-state index contributed by atoms with van der Waals surface area (Å²) in [6, 6.07) is 10.1. The van der Waals surface area contributed by atoms with Gasteiger partial charge in [0.25, 0.3) is 0 Å². The highest BCUT2D eigenvalue weighted by molar-refractivity contribution is 5.83. The number of nitrogens with zero attached hydrogens (tertiary/aromatic N) is 3. The van der Waals surface area contributed by atoms with Crippen LogP contribution in [0.5, 0.6) is 0 Å². The van der Waals surface area contributed by atoms with E-state index in [-0.39, 0.29) is 24.5 Å². The monoisotopic (exact) mass is 373 g/mol. The van der Waals surface area contributed by atoms with E-state index in [9.17, 15) is 9.59 Å². The molecule has 1 aromatic carbocycles. The smallest absolute Gasteiger partial charge is 0.317 e. The number of aliphatic carboxylic acids is 1. The Morgan fingerprint density at radius 3 is 2.30 bits per heavy atom. The van der Waals surface area contributed by atoms with Gasteiger partial charge in [-0.05, 0) is 44.7 Å². The molecule has 2 saturated heterocycles. The van der Waals surface area contributed by atoms with E-state index in [1.165, 1.54) is 6.42 Å². The maximum absolute atomic E-state index is 13.4. The van der Waals surface area contributed by atoms with Crippen LogP contribution in [-0.4, -0.2) is 77.5 Å². The fourth-order valence-electron chi connectivity index (χ4n) is 4.36. The summed E-state index contributed by atoms with van der Waals surface area (Å²) < 4.78 is 0. The minimum absolute atomic E-state index is 0.0689. The number of hydrogen-bond acceptors (Lipinski definition) is 4. The van der Waals surface area contributed by atoms with Crippen molar-refractivity contribution in [1.29, 1.82) is 0 Å². The van der Waals surface area contributed by atoms with E-state index in [0.717, 1.165) is 57.4 Å². The number of carbonyl (C=O) groups excluding carboxylic acids is 1. The summed E-state index contributed by atoms with van der Waals surface area (Å²) in [6.07, 6.45) is 5.17. The maximum atomic E-state index is 13.4. The third-order valence-electron chi connectivity index (χ3n) is 5.89. The van der Waals surface area contributed by atoms with E-state index in [2.05, 4.69) is 17.0 Å². The molecule has 0 bridgehead atoms. The van der Waals surface area contributed by atoms with Gasteiger partial charge in [-0.1, -0.05) is 30.3 Å². The van der Waals surface area contributed by atoms with Crippen LogP contribution in [0.15, 0.2) is 30.3 Å². The highest BCUT2D eigenvalue weighted by Gasteiger charge is 2.35. The lowest BCUT2D eigenvalue weighted by Crippen LogP contribution is -2.50. The normalized spacial score (nSPS) is 20.6. The van der Waals surface area contributed by atoms with Crippen LogP contribution in [0, 0.1) is 0 Å². The van der Waals surface area contributed by atoms with Crippen LogP contribution in [0.4, 0.5) is 0 Å². The van der Waals surface area contributed by atoms with E-state index in [1.54, 1.807) is 0 Å². The molecule has 6 nitrogen and oxygen atoms in total. The van der Waals surface area contributed by atoms with Crippen LogP contribution in [-0.2, 0) is 9.59 Å². The maximum Gasteiger partial charge on any atom is 0.317 e. The van der Waals surface area contributed by atoms with E-state index in [1.807, 2.05) is 35.0 Å². The lowest BCUT2D eigenvalue weighted by atomic mass is 9.97. The molecule has 27 heavy (non-hydrogen) atoms. The van der Waals surface area contributed by atoms with Gasteiger partial charge < -0.3 is 10.0 Å². The SMILES string of the molecule is CN(CC(=O)O)C1CCN(C(C(=O)N2CCCCC2)c2ccccc2)CC1. The number of likely N-dealkylation sites (tertiary alicyclic amines) is 2. The fraction of sp³-hybridized carbons (Fsp3) is 0.619. The van der Waals surface area contributed by atoms with Crippen molar-refractivity contribution in [2.75, 3.05) is 39.8 Å². The summed E-state index contributed by atoms with van der Waals surface area (Å²) in [5.74, 6) is -0.569. The molecule has 0 radical (unpaired) electrons. The van der Waals surface area contributed by atoms with Crippen LogP contribution < -0.4 is 0 Å². The molecule has 148 valence electrons. The van der Waals surface area contributed by atoms with Crippen molar-refractivity contribution in [3.05, 3.63) is 35.9 Å². The molecular formula is C21H31N3O3. The number of piperidine rings is 2. The van der Waals surface area contributed by atoms with Crippen molar-refractivity contribution < 1.29 is 14.7 Å². The zero-order valence-electron chi connectivity index (χ0n) is 16.2. The van der Waals surface area contributed by atoms with Gasteiger partial charge in [-0.25, -0.2) is 0 Å². The molecule has 1 atom stereocenters.